The second-order valence-electron chi connectivity index (χ2n) is 4.08. The van der Waals surface area contributed by atoms with E-state index in [0.717, 1.165) is 22.5 Å². The molecule has 4 nitrogen and oxygen atoms in total. The number of nitrogens with two attached hydrogens (primary N) is 1. The van der Waals surface area contributed by atoms with Crippen molar-refractivity contribution in [2.45, 2.75) is 19.9 Å². The molecule has 0 aliphatic carbocycles. The van der Waals surface area contributed by atoms with Crippen molar-refractivity contribution in [3.8, 4) is 0 Å². The molecule has 0 amide bonds. The van der Waals surface area contributed by atoms with E-state index in [9.17, 15) is 0 Å². The van der Waals surface area contributed by atoms with Gasteiger partial charge in [0.15, 0.2) is 0 Å². The number of aryl methyl sites for hydroxylation is 2. The number of aromatic nitrogens is 1. The molecule has 1 unspecified atom stereocenters. The third kappa shape index (κ3) is 2.03. The minimum Gasteiger partial charge on any atom is -0.469 e. The Kier molecular flexibility index (Phi) is 3.15. The summed E-state index contributed by atoms with van der Waals surface area (Å²) in [5, 5.41) is 3.26. The van der Waals surface area contributed by atoms with Crippen molar-refractivity contribution < 1.29 is 4.42 Å². The van der Waals surface area contributed by atoms with E-state index < -0.39 is 0 Å². The van der Waals surface area contributed by atoms with Crippen LogP contribution in [0.5, 0.6) is 0 Å². The maximum Gasteiger partial charge on any atom is 0.128 e. The lowest BCUT2D eigenvalue weighted by molar-refractivity contribution is 0.523. The summed E-state index contributed by atoms with van der Waals surface area (Å²) in [4.78, 5) is 4.16. The predicted molar refractivity (Wildman–Crippen MR) is 67.7 cm³/mol. The maximum absolute atomic E-state index is 5.97. The van der Waals surface area contributed by atoms with Gasteiger partial charge in [0.2, 0.25) is 0 Å². The predicted octanol–water partition coefficient (Wildman–Crippen LogP) is 2.18. The lowest BCUT2D eigenvalue weighted by Crippen LogP contribution is -2.20. The molecule has 0 aromatic carbocycles. The molecular formula is C13H17N3O. The van der Waals surface area contributed by atoms with Gasteiger partial charge in [-0.05, 0) is 38.6 Å². The molecule has 90 valence electrons. The zero-order valence-electron chi connectivity index (χ0n) is 10.3. The maximum atomic E-state index is 5.97. The van der Waals surface area contributed by atoms with Gasteiger partial charge in [-0.15, -0.1) is 0 Å². The van der Waals surface area contributed by atoms with Gasteiger partial charge in [0.25, 0.3) is 0 Å². The average molecular weight is 231 g/mol. The zero-order valence-corrected chi connectivity index (χ0v) is 10.3. The number of anilines is 1. The fourth-order valence-corrected chi connectivity index (χ4v) is 2.12. The van der Waals surface area contributed by atoms with Gasteiger partial charge in [0.05, 0.1) is 12.3 Å². The third-order valence-electron chi connectivity index (χ3n) is 3.03. The van der Waals surface area contributed by atoms with Crippen molar-refractivity contribution in [3.63, 3.8) is 0 Å². The standard InChI is InChI=1S/C13H17N3O/c1-8-4-6-16-13(14)11(8)12(15-3)10-5-7-17-9(10)2/h4-7,12,15H,1-3H3,(H2,14,16). The first-order chi connectivity index (χ1) is 8.15. The molecule has 17 heavy (non-hydrogen) atoms. The van der Waals surface area contributed by atoms with Crippen molar-refractivity contribution >= 4 is 5.82 Å². The molecule has 2 aromatic rings. The first-order valence-electron chi connectivity index (χ1n) is 5.57. The van der Waals surface area contributed by atoms with E-state index in [4.69, 9.17) is 10.2 Å². The minimum atomic E-state index is 0.0162. The highest BCUT2D eigenvalue weighted by atomic mass is 16.3. The number of furan rings is 1. The molecule has 0 bridgehead atoms. The largest absolute Gasteiger partial charge is 0.469 e. The Labute approximate surface area is 101 Å². The molecule has 2 aromatic heterocycles. The summed E-state index contributed by atoms with van der Waals surface area (Å²) in [7, 11) is 1.91. The van der Waals surface area contributed by atoms with Crippen molar-refractivity contribution in [1.29, 1.82) is 0 Å². The van der Waals surface area contributed by atoms with E-state index in [2.05, 4.69) is 10.3 Å². The van der Waals surface area contributed by atoms with Crippen LogP contribution in [0, 0.1) is 13.8 Å². The van der Waals surface area contributed by atoms with E-state index in [-0.39, 0.29) is 6.04 Å². The first-order valence-corrected chi connectivity index (χ1v) is 5.57. The second kappa shape index (κ2) is 4.59. The number of nitrogens with zero attached hydrogens (tertiary/aromatic N) is 1. The molecule has 0 spiro atoms. The number of pyridine rings is 1. The van der Waals surface area contributed by atoms with E-state index in [1.54, 1.807) is 12.5 Å². The second-order valence-corrected chi connectivity index (χ2v) is 4.08. The smallest absolute Gasteiger partial charge is 0.128 e. The fourth-order valence-electron chi connectivity index (χ4n) is 2.12. The van der Waals surface area contributed by atoms with Crippen LogP contribution in [0.15, 0.2) is 29.0 Å². The Bertz CT molecular complexity index is 499. The molecule has 0 saturated heterocycles. The SMILES string of the molecule is CNC(c1ccoc1C)c1c(C)ccnc1N. The number of hydrogen-bond donors (Lipinski definition) is 2. The van der Waals surface area contributed by atoms with Gasteiger partial charge in [-0.2, -0.15) is 0 Å². The Morgan fingerprint density at radius 2 is 2.12 bits per heavy atom. The van der Waals surface area contributed by atoms with E-state index in [1.165, 1.54) is 0 Å². The van der Waals surface area contributed by atoms with Crippen LogP contribution < -0.4 is 11.1 Å². The average Bonchev–Trinajstić information content (AvgIpc) is 2.70. The molecule has 0 aliphatic rings. The molecular weight excluding hydrogens is 214 g/mol. The number of nitrogen functional groups attached to an aromatic ring is 1. The molecule has 2 heterocycles. The van der Waals surface area contributed by atoms with Crippen molar-refractivity contribution in [1.82, 2.24) is 10.3 Å². The normalized spacial score (nSPS) is 12.6. The summed E-state index contributed by atoms with van der Waals surface area (Å²) >= 11 is 0. The Hall–Kier alpha value is -1.81. The van der Waals surface area contributed by atoms with Crippen LogP contribution in [0.4, 0.5) is 5.82 Å². The van der Waals surface area contributed by atoms with Gasteiger partial charge in [0, 0.05) is 17.3 Å². The van der Waals surface area contributed by atoms with Crippen LogP contribution in [-0.2, 0) is 0 Å². The highest BCUT2D eigenvalue weighted by Gasteiger charge is 2.20. The lowest BCUT2D eigenvalue weighted by Gasteiger charge is -2.19. The first kappa shape index (κ1) is 11.7. The molecule has 4 heteroatoms. The minimum absolute atomic E-state index is 0.0162. The van der Waals surface area contributed by atoms with Crippen LogP contribution in [0.25, 0.3) is 0 Å². The van der Waals surface area contributed by atoms with Crippen LogP contribution >= 0.6 is 0 Å². The van der Waals surface area contributed by atoms with E-state index >= 15 is 0 Å². The third-order valence-corrected chi connectivity index (χ3v) is 3.03. The summed E-state index contributed by atoms with van der Waals surface area (Å²) in [6, 6.07) is 3.94. The van der Waals surface area contributed by atoms with E-state index in [1.807, 2.05) is 33.0 Å². The fraction of sp³-hybridized carbons (Fsp3) is 0.308. The lowest BCUT2D eigenvalue weighted by atomic mass is 9.96. The Morgan fingerprint density at radius 1 is 1.35 bits per heavy atom. The number of nitrogens with one attached hydrogen (secondary N) is 1. The van der Waals surface area contributed by atoms with Crippen LogP contribution in [0.3, 0.4) is 0 Å². The monoisotopic (exact) mass is 231 g/mol. The quantitative estimate of drug-likeness (QED) is 0.849. The molecule has 1 atom stereocenters. The van der Waals surface area contributed by atoms with Gasteiger partial charge in [-0.1, -0.05) is 0 Å². The molecule has 0 aliphatic heterocycles. The van der Waals surface area contributed by atoms with Crippen LogP contribution in [-0.4, -0.2) is 12.0 Å². The van der Waals surface area contributed by atoms with Crippen LogP contribution in [0.1, 0.15) is 28.5 Å². The molecule has 0 saturated carbocycles. The number of rotatable bonds is 3. The van der Waals surface area contributed by atoms with Crippen molar-refractivity contribution in [2.24, 2.45) is 0 Å². The number of hydrogen-bond acceptors (Lipinski definition) is 4. The summed E-state index contributed by atoms with van der Waals surface area (Å²) in [5.41, 5.74) is 9.20. The highest BCUT2D eigenvalue weighted by Crippen LogP contribution is 2.30. The van der Waals surface area contributed by atoms with Crippen LogP contribution in [0.2, 0.25) is 0 Å². The Morgan fingerprint density at radius 3 is 2.65 bits per heavy atom. The molecule has 0 fully saturated rings. The molecule has 3 N–H and O–H groups in total. The molecule has 0 radical (unpaired) electrons. The van der Waals surface area contributed by atoms with Gasteiger partial charge in [-0.3, -0.25) is 0 Å². The van der Waals surface area contributed by atoms with Gasteiger partial charge < -0.3 is 15.5 Å². The van der Waals surface area contributed by atoms with Gasteiger partial charge >= 0.3 is 0 Å². The topological polar surface area (TPSA) is 64.1 Å². The summed E-state index contributed by atoms with van der Waals surface area (Å²) < 4.78 is 5.35. The van der Waals surface area contributed by atoms with E-state index in [0.29, 0.717) is 5.82 Å². The summed E-state index contributed by atoms with van der Waals surface area (Å²) in [5.74, 6) is 1.46. The summed E-state index contributed by atoms with van der Waals surface area (Å²) in [6.07, 6.45) is 3.42. The Balaban J connectivity index is 2.53. The van der Waals surface area contributed by atoms with Gasteiger partial charge in [-0.25, -0.2) is 4.98 Å². The van der Waals surface area contributed by atoms with Crippen molar-refractivity contribution in [2.75, 3.05) is 12.8 Å². The highest BCUT2D eigenvalue weighted by molar-refractivity contribution is 5.50. The van der Waals surface area contributed by atoms with Gasteiger partial charge in [0.1, 0.15) is 11.6 Å². The van der Waals surface area contributed by atoms with Crippen molar-refractivity contribution in [3.05, 3.63) is 47.0 Å². The zero-order chi connectivity index (χ0) is 12.4. The summed E-state index contributed by atoms with van der Waals surface area (Å²) in [6.45, 7) is 3.98. The molecule has 2 rings (SSSR count).